The summed E-state index contributed by atoms with van der Waals surface area (Å²) in [6.07, 6.45) is -3.29. The summed E-state index contributed by atoms with van der Waals surface area (Å²) >= 11 is 0.766. The third kappa shape index (κ3) is 4.60. The summed E-state index contributed by atoms with van der Waals surface area (Å²) in [5.41, 5.74) is 2.40. The minimum absolute atomic E-state index is 0.0474. The Morgan fingerprint density at radius 1 is 1.11 bits per heavy atom. The Labute approximate surface area is 257 Å². The van der Waals surface area contributed by atoms with Crippen LogP contribution in [0.4, 0.5) is 37.3 Å². The number of rotatable bonds is 5. The monoisotopic (exact) mass is 649 g/mol. The highest BCUT2D eigenvalue weighted by molar-refractivity contribution is 7.22. The Balaban J connectivity index is 1.33. The van der Waals surface area contributed by atoms with E-state index in [1.54, 1.807) is 0 Å². The molecule has 0 saturated carbocycles. The molecule has 0 unspecified atom stereocenters. The van der Waals surface area contributed by atoms with Gasteiger partial charge in [0.1, 0.15) is 29.9 Å². The van der Waals surface area contributed by atoms with Gasteiger partial charge in [-0.25, -0.2) is 18.2 Å². The van der Waals surface area contributed by atoms with Gasteiger partial charge >= 0.3 is 12.2 Å². The number of halogens is 6. The van der Waals surface area contributed by atoms with Crippen molar-refractivity contribution in [2.24, 2.45) is 5.92 Å². The fourth-order valence-corrected chi connectivity index (χ4v) is 8.68. The van der Waals surface area contributed by atoms with E-state index < -0.39 is 40.6 Å². The number of alkyl halides is 4. The van der Waals surface area contributed by atoms with Crippen LogP contribution in [-0.2, 0) is 6.18 Å². The number of aromatic nitrogens is 3. The summed E-state index contributed by atoms with van der Waals surface area (Å²) in [4.78, 5) is 17.0. The van der Waals surface area contributed by atoms with Gasteiger partial charge in [0, 0.05) is 55.2 Å². The molecule has 4 fully saturated rings. The van der Waals surface area contributed by atoms with E-state index in [1.165, 1.54) is 0 Å². The van der Waals surface area contributed by atoms with E-state index in [0.717, 1.165) is 61.9 Å². The van der Waals surface area contributed by atoms with E-state index >= 15 is 4.39 Å². The maximum Gasteiger partial charge on any atom is 0.417 e. The molecule has 4 aliphatic rings. The molecule has 0 bridgehead atoms. The number of nitrogens with one attached hydrogen (secondary N) is 1. The van der Waals surface area contributed by atoms with Crippen molar-refractivity contribution in [1.82, 2.24) is 25.2 Å². The molecule has 2 aromatic heterocycles. The minimum atomic E-state index is -4.99. The van der Waals surface area contributed by atoms with Crippen LogP contribution < -0.4 is 20.7 Å². The van der Waals surface area contributed by atoms with Crippen molar-refractivity contribution in [2.45, 2.75) is 49.6 Å². The molecule has 8 rings (SSSR count). The van der Waals surface area contributed by atoms with Gasteiger partial charge in [0.25, 0.3) is 0 Å². The Hall–Kier alpha value is -3.43. The number of nitrogens with two attached hydrogens (primary N) is 1. The van der Waals surface area contributed by atoms with Gasteiger partial charge in [-0.2, -0.15) is 23.1 Å². The Bertz CT molecular complexity index is 1830. The summed E-state index contributed by atoms with van der Waals surface area (Å²) in [6, 6.07) is 2.68. The number of anilines is 2. The van der Waals surface area contributed by atoms with Crippen molar-refractivity contribution in [3.05, 3.63) is 35.4 Å². The maximum atomic E-state index is 16.8. The molecule has 45 heavy (non-hydrogen) atoms. The van der Waals surface area contributed by atoms with Crippen LogP contribution in [0.1, 0.15) is 31.2 Å². The van der Waals surface area contributed by atoms with Crippen LogP contribution in [0.25, 0.3) is 32.2 Å². The normalized spacial score (nSPS) is 26.8. The van der Waals surface area contributed by atoms with Crippen LogP contribution >= 0.6 is 11.3 Å². The van der Waals surface area contributed by atoms with Crippen molar-refractivity contribution in [3.8, 4) is 17.1 Å². The molecule has 4 saturated heterocycles. The van der Waals surface area contributed by atoms with Crippen molar-refractivity contribution < 1.29 is 31.1 Å². The average molecular weight is 650 g/mol. The highest BCUT2D eigenvalue weighted by Gasteiger charge is 2.49. The van der Waals surface area contributed by atoms with Gasteiger partial charge in [-0.05, 0) is 49.9 Å². The number of fused-ring (bicyclic) bond motifs is 4. The molecule has 238 valence electrons. The zero-order valence-corrected chi connectivity index (χ0v) is 24.7. The van der Waals surface area contributed by atoms with Gasteiger partial charge in [-0.1, -0.05) is 11.3 Å². The number of ether oxygens (including phenoxy) is 1. The fourth-order valence-electron chi connectivity index (χ4n) is 7.92. The number of hydrogen-bond donors (Lipinski definition) is 2. The lowest BCUT2D eigenvalue weighted by Gasteiger charge is -2.31. The second kappa shape index (κ2) is 10.3. The summed E-state index contributed by atoms with van der Waals surface area (Å²) < 4.78 is 96.2. The molecule has 0 spiro atoms. The van der Waals surface area contributed by atoms with E-state index in [4.69, 9.17) is 10.5 Å². The number of hydrogen-bond acceptors (Lipinski definition) is 9. The Morgan fingerprint density at radius 3 is 2.78 bits per heavy atom. The number of nitrogens with zero attached hydrogens (tertiary/aromatic N) is 5. The average Bonchev–Trinajstić information content (AvgIpc) is 3.79. The number of nitrogen functional groups attached to an aromatic ring is 1. The zero-order valence-electron chi connectivity index (χ0n) is 23.9. The maximum absolute atomic E-state index is 16.8. The summed E-state index contributed by atoms with van der Waals surface area (Å²) in [5.74, 6) is -1.56. The first-order valence-electron chi connectivity index (χ1n) is 15.0. The second-order valence-electron chi connectivity index (χ2n) is 12.5. The van der Waals surface area contributed by atoms with Gasteiger partial charge in [-0.3, -0.25) is 4.90 Å². The lowest BCUT2D eigenvalue weighted by Crippen LogP contribution is -2.43. The van der Waals surface area contributed by atoms with Crippen molar-refractivity contribution in [3.63, 3.8) is 0 Å². The second-order valence-corrected chi connectivity index (χ2v) is 13.5. The molecule has 4 aromatic rings. The Kier molecular flexibility index (Phi) is 6.63. The first-order chi connectivity index (χ1) is 21.5. The highest BCUT2D eigenvalue weighted by Crippen LogP contribution is 2.47. The van der Waals surface area contributed by atoms with E-state index in [0.29, 0.717) is 26.1 Å². The Morgan fingerprint density at radius 2 is 1.96 bits per heavy atom. The molecule has 4 aliphatic heterocycles. The van der Waals surface area contributed by atoms with Gasteiger partial charge in [-0.15, -0.1) is 0 Å². The van der Waals surface area contributed by atoms with Crippen LogP contribution in [0.2, 0.25) is 0 Å². The van der Waals surface area contributed by atoms with E-state index in [-0.39, 0.29) is 62.2 Å². The standard InChI is InChI=1S/C30H29F6N7OS/c31-15-9-29(5-1-6-42(29)12-15)13-44-28-40-23-17(26(41-28)43-7-4-14-10-38-11-20(14)43)8-18(30(34,35)36)21(22(23)33)16-2-3-19(32)25-24(16)39-27(37)45-25/h2-3,8,14-15,20,38H,1,4-7,9-13H2,(H2,37,39)/t14-,15-,20+,29+/m1/s1. The predicted octanol–water partition coefficient (Wildman–Crippen LogP) is 5.54. The summed E-state index contributed by atoms with van der Waals surface area (Å²) in [7, 11) is 0. The predicted molar refractivity (Wildman–Crippen MR) is 158 cm³/mol. The van der Waals surface area contributed by atoms with Crippen molar-refractivity contribution in [2.75, 3.05) is 50.0 Å². The van der Waals surface area contributed by atoms with Gasteiger partial charge in [0.15, 0.2) is 10.9 Å². The largest absolute Gasteiger partial charge is 0.461 e. The topological polar surface area (TPSA) is 92.4 Å². The van der Waals surface area contributed by atoms with Crippen LogP contribution in [0.5, 0.6) is 6.01 Å². The van der Waals surface area contributed by atoms with Crippen LogP contribution in [0, 0.1) is 17.6 Å². The molecular formula is C30H29F6N7OS. The third-order valence-electron chi connectivity index (χ3n) is 9.93. The van der Waals surface area contributed by atoms with E-state index in [9.17, 15) is 22.0 Å². The van der Waals surface area contributed by atoms with Crippen LogP contribution in [0.3, 0.4) is 0 Å². The minimum Gasteiger partial charge on any atom is -0.461 e. The highest BCUT2D eigenvalue weighted by atomic mass is 32.1. The lowest BCUT2D eigenvalue weighted by atomic mass is 9.94. The zero-order chi connectivity index (χ0) is 31.2. The quantitative estimate of drug-likeness (QED) is 0.273. The van der Waals surface area contributed by atoms with Gasteiger partial charge < -0.3 is 20.7 Å². The first kappa shape index (κ1) is 29.0. The number of benzene rings is 2. The molecule has 15 heteroatoms. The SMILES string of the molecule is Nc1nc2c(-c3c(C(F)(F)F)cc4c(N5CC[C@@H]6CNC[C@@H]65)nc(OC[C@@]56CCCN5C[C@H](F)C6)nc4c3F)ccc(F)c2s1. The number of thiazole rings is 1. The van der Waals surface area contributed by atoms with Crippen LogP contribution in [-0.4, -0.2) is 76.9 Å². The molecular weight excluding hydrogens is 620 g/mol. The van der Waals surface area contributed by atoms with E-state index in [2.05, 4.69) is 25.2 Å². The van der Waals surface area contributed by atoms with Gasteiger partial charge in [0.2, 0.25) is 0 Å². The molecule has 0 radical (unpaired) electrons. The molecule has 0 aliphatic carbocycles. The molecule has 2 aromatic carbocycles. The summed E-state index contributed by atoms with van der Waals surface area (Å²) in [5, 5.41) is 3.15. The van der Waals surface area contributed by atoms with Crippen molar-refractivity contribution >= 4 is 43.4 Å². The molecule has 6 heterocycles. The molecule has 0 amide bonds. The van der Waals surface area contributed by atoms with E-state index in [1.807, 2.05) is 4.90 Å². The lowest BCUT2D eigenvalue weighted by molar-refractivity contribution is -0.137. The molecule has 3 N–H and O–H groups in total. The van der Waals surface area contributed by atoms with Crippen molar-refractivity contribution in [1.29, 1.82) is 0 Å². The third-order valence-corrected chi connectivity index (χ3v) is 10.8. The van der Waals surface area contributed by atoms with Gasteiger partial charge in [0.05, 0.1) is 21.3 Å². The summed E-state index contributed by atoms with van der Waals surface area (Å²) in [6.45, 7) is 3.00. The van der Waals surface area contributed by atoms with Crippen LogP contribution in [0.15, 0.2) is 18.2 Å². The molecule has 8 nitrogen and oxygen atoms in total. The fraction of sp³-hybridized carbons (Fsp3) is 0.500. The smallest absolute Gasteiger partial charge is 0.417 e. The molecule has 4 atom stereocenters. The first-order valence-corrected chi connectivity index (χ1v) is 15.8.